The number of thiol groups is 1. The van der Waals surface area contributed by atoms with E-state index in [9.17, 15) is 4.79 Å². The first-order valence-electron chi connectivity index (χ1n) is 3.15. The molecule has 1 aromatic rings. The number of pyridine rings is 1. The van der Waals surface area contributed by atoms with Crippen molar-refractivity contribution in [3.8, 4) is 0 Å². The van der Waals surface area contributed by atoms with Crippen LogP contribution in [-0.4, -0.2) is 10.2 Å². The number of hydrogen-bond acceptors (Lipinski definition) is 2. The second-order valence-electron chi connectivity index (χ2n) is 2.02. The Kier molecular flexibility index (Phi) is 2.92. The Morgan fingerprint density at radius 3 is 3.09 bits per heavy atom. The molecule has 1 rings (SSSR count). The quantitative estimate of drug-likeness (QED) is 0.652. The Morgan fingerprint density at radius 1 is 1.73 bits per heavy atom. The third-order valence-electron chi connectivity index (χ3n) is 1.17. The van der Waals surface area contributed by atoms with Gasteiger partial charge < -0.3 is 5.32 Å². The maximum Gasteiger partial charge on any atom is 0.276 e. The molecule has 0 unspecified atom stereocenters. The molecule has 0 aliphatic carbocycles. The zero-order valence-electron chi connectivity index (χ0n) is 5.82. The zero-order valence-corrected chi connectivity index (χ0v) is 6.71. The molecule has 1 heterocycles. The lowest BCUT2D eigenvalue weighted by molar-refractivity contribution is 0.260. The molecule has 0 fully saturated rings. The van der Waals surface area contributed by atoms with Crippen molar-refractivity contribution < 1.29 is 4.79 Å². The number of rotatable bonds is 2. The molecule has 0 saturated carbocycles. The summed E-state index contributed by atoms with van der Waals surface area (Å²) in [5.41, 5.74) is 0.968. The van der Waals surface area contributed by atoms with Gasteiger partial charge in [0.1, 0.15) is 0 Å². The smallest absolute Gasteiger partial charge is 0.276 e. The van der Waals surface area contributed by atoms with Crippen molar-refractivity contribution in [2.24, 2.45) is 0 Å². The largest absolute Gasteiger partial charge is 0.343 e. The lowest BCUT2D eigenvalue weighted by atomic mass is 10.3. The molecule has 0 aliphatic rings. The molecule has 11 heavy (non-hydrogen) atoms. The van der Waals surface area contributed by atoms with Gasteiger partial charge in [-0.2, -0.15) is 0 Å². The van der Waals surface area contributed by atoms with Gasteiger partial charge >= 0.3 is 0 Å². The van der Waals surface area contributed by atoms with Gasteiger partial charge in [-0.1, -0.05) is 18.7 Å². The van der Waals surface area contributed by atoms with Gasteiger partial charge in [-0.3, -0.25) is 9.78 Å². The van der Waals surface area contributed by atoms with Crippen LogP contribution in [0.25, 0.3) is 0 Å². The van der Waals surface area contributed by atoms with Crippen LogP contribution in [0.1, 0.15) is 5.56 Å². The molecule has 0 radical (unpaired) electrons. The average Bonchev–Trinajstić information content (AvgIpc) is 2.03. The highest BCUT2D eigenvalue weighted by Gasteiger charge is 1.92. The topological polar surface area (TPSA) is 42.0 Å². The molecule has 0 bridgehead atoms. The highest BCUT2D eigenvalue weighted by molar-refractivity contribution is 7.96. The molecule has 1 aromatic heterocycles. The maximum atomic E-state index is 10.3. The standard InChI is InChI=1S/C7H8N2OS/c10-7(11)9-5-6-2-1-3-8-4-6/h1-4H,5H2,(H2,9,10,11). The lowest BCUT2D eigenvalue weighted by Crippen LogP contribution is -2.15. The second-order valence-corrected chi connectivity index (χ2v) is 2.43. The number of carbonyl (C=O) groups excluding carboxylic acids is 1. The van der Waals surface area contributed by atoms with Gasteiger partial charge in [-0.25, -0.2) is 0 Å². The highest BCUT2D eigenvalue weighted by Crippen LogP contribution is 1.94. The van der Waals surface area contributed by atoms with E-state index in [1.165, 1.54) is 0 Å². The first-order chi connectivity index (χ1) is 5.29. The number of nitrogens with one attached hydrogen (secondary N) is 1. The minimum absolute atomic E-state index is 0.325. The molecule has 0 saturated heterocycles. The van der Waals surface area contributed by atoms with E-state index in [0.717, 1.165) is 5.56 Å². The monoisotopic (exact) mass is 168 g/mol. The maximum absolute atomic E-state index is 10.3. The summed E-state index contributed by atoms with van der Waals surface area (Å²) in [5, 5.41) is 2.22. The van der Waals surface area contributed by atoms with Crippen molar-refractivity contribution in [3.63, 3.8) is 0 Å². The van der Waals surface area contributed by atoms with Crippen LogP contribution < -0.4 is 5.32 Å². The predicted octanol–water partition coefficient (Wildman–Crippen LogP) is 1.22. The number of hydrogen-bond donors (Lipinski definition) is 2. The Labute approximate surface area is 70.2 Å². The summed E-state index contributed by atoms with van der Waals surface area (Å²) < 4.78 is 0. The van der Waals surface area contributed by atoms with Gasteiger partial charge in [-0.15, -0.1) is 0 Å². The molecule has 1 amide bonds. The average molecular weight is 168 g/mol. The Balaban J connectivity index is 2.45. The summed E-state index contributed by atoms with van der Waals surface area (Å²) in [6, 6.07) is 3.71. The van der Waals surface area contributed by atoms with Gasteiger partial charge in [-0.05, 0) is 11.6 Å². The molecule has 3 nitrogen and oxygen atoms in total. The first-order valence-corrected chi connectivity index (χ1v) is 3.59. The van der Waals surface area contributed by atoms with E-state index in [2.05, 4.69) is 22.9 Å². The summed E-state index contributed by atoms with van der Waals surface area (Å²) in [6.45, 7) is 0.482. The molecular weight excluding hydrogens is 160 g/mol. The van der Waals surface area contributed by atoms with Crippen molar-refractivity contribution in [1.82, 2.24) is 10.3 Å². The van der Waals surface area contributed by atoms with E-state index in [-0.39, 0.29) is 5.24 Å². The Hall–Kier alpha value is -1.03. The van der Waals surface area contributed by atoms with Gasteiger partial charge in [0.05, 0.1) is 0 Å². The third-order valence-corrected chi connectivity index (χ3v) is 1.32. The number of amides is 1. The van der Waals surface area contributed by atoms with Crippen LogP contribution in [0.3, 0.4) is 0 Å². The molecule has 0 atom stereocenters. The summed E-state index contributed by atoms with van der Waals surface area (Å²) in [6.07, 6.45) is 3.38. The second kappa shape index (κ2) is 3.98. The van der Waals surface area contributed by atoms with Crippen molar-refractivity contribution >= 4 is 17.9 Å². The SMILES string of the molecule is O=C(S)NCc1cccnc1. The third kappa shape index (κ3) is 3.04. The van der Waals surface area contributed by atoms with Gasteiger partial charge in [0.25, 0.3) is 5.24 Å². The van der Waals surface area contributed by atoms with Crippen LogP contribution in [0, 0.1) is 0 Å². The van der Waals surface area contributed by atoms with Crippen LogP contribution in [0.15, 0.2) is 24.5 Å². The van der Waals surface area contributed by atoms with Crippen molar-refractivity contribution in [2.45, 2.75) is 6.54 Å². The number of nitrogens with zero attached hydrogens (tertiary/aromatic N) is 1. The fraction of sp³-hybridized carbons (Fsp3) is 0.143. The molecule has 4 heteroatoms. The van der Waals surface area contributed by atoms with E-state index >= 15 is 0 Å². The molecule has 0 aromatic carbocycles. The van der Waals surface area contributed by atoms with E-state index in [0.29, 0.717) is 6.54 Å². The van der Waals surface area contributed by atoms with Crippen molar-refractivity contribution in [1.29, 1.82) is 0 Å². The summed E-state index contributed by atoms with van der Waals surface area (Å²) in [7, 11) is 0. The van der Waals surface area contributed by atoms with Gasteiger partial charge in [0, 0.05) is 18.9 Å². The highest BCUT2D eigenvalue weighted by atomic mass is 32.1. The Bertz CT molecular complexity index is 237. The Morgan fingerprint density at radius 2 is 2.55 bits per heavy atom. The van der Waals surface area contributed by atoms with Crippen LogP contribution in [0.4, 0.5) is 4.79 Å². The van der Waals surface area contributed by atoms with Gasteiger partial charge in [0.15, 0.2) is 0 Å². The molecule has 0 spiro atoms. The van der Waals surface area contributed by atoms with Crippen LogP contribution in [0.2, 0.25) is 0 Å². The van der Waals surface area contributed by atoms with E-state index < -0.39 is 0 Å². The van der Waals surface area contributed by atoms with E-state index in [1.807, 2.05) is 12.1 Å². The minimum Gasteiger partial charge on any atom is -0.343 e. The normalized spacial score (nSPS) is 9.18. The molecule has 58 valence electrons. The fourth-order valence-corrected chi connectivity index (χ4v) is 0.759. The van der Waals surface area contributed by atoms with Crippen molar-refractivity contribution in [3.05, 3.63) is 30.1 Å². The molecular formula is C7H8N2OS. The first kappa shape index (κ1) is 8.07. The van der Waals surface area contributed by atoms with Crippen LogP contribution >= 0.6 is 12.6 Å². The summed E-state index contributed by atoms with van der Waals surface area (Å²) >= 11 is 3.56. The lowest BCUT2D eigenvalue weighted by Gasteiger charge is -1.98. The summed E-state index contributed by atoms with van der Waals surface area (Å²) in [4.78, 5) is 14.2. The zero-order chi connectivity index (χ0) is 8.10. The predicted molar refractivity (Wildman–Crippen MR) is 45.5 cm³/mol. The fourth-order valence-electron chi connectivity index (χ4n) is 0.680. The summed E-state index contributed by atoms with van der Waals surface area (Å²) in [5.74, 6) is 0. The van der Waals surface area contributed by atoms with Crippen LogP contribution in [0.5, 0.6) is 0 Å². The number of aromatic nitrogens is 1. The molecule has 0 aliphatic heterocycles. The van der Waals surface area contributed by atoms with Gasteiger partial charge in [0.2, 0.25) is 0 Å². The van der Waals surface area contributed by atoms with E-state index in [4.69, 9.17) is 0 Å². The van der Waals surface area contributed by atoms with Crippen LogP contribution in [-0.2, 0) is 6.54 Å². The number of carbonyl (C=O) groups is 1. The van der Waals surface area contributed by atoms with Crippen molar-refractivity contribution in [2.75, 3.05) is 0 Å². The minimum atomic E-state index is -0.325. The van der Waals surface area contributed by atoms with E-state index in [1.54, 1.807) is 12.4 Å². The molecule has 1 N–H and O–H groups in total.